The van der Waals surface area contributed by atoms with Crippen molar-refractivity contribution in [2.24, 2.45) is 0 Å². The summed E-state index contributed by atoms with van der Waals surface area (Å²) in [6.45, 7) is 2.54. The van der Waals surface area contributed by atoms with E-state index in [1.165, 1.54) is 11.3 Å². The second kappa shape index (κ2) is 11.6. The van der Waals surface area contributed by atoms with Gasteiger partial charge in [0, 0.05) is 17.0 Å². The van der Waals surface area contributed by atoms with Gasteiger partial charge in [-0.25, -0.2) is 0 Å². The summed E-state index contributed by atoms with van der Waals surface area (Å²) in [4.78, 5) is 12.1. The lowest BCUT2D eigenvalue weighted by molar-refractivity contribution is -0.139. The number of benzene rings is 3. The van der Waals surface area contributed by atoms with Crippen LogP contribution in [0.2, 0.25) is 0 Å². The van der Waals surface area contributed by atoms with E-state index in [-0.39, 0.29) is 5.06 Å². The maximum absolute atomic E-state index is 11.2. The molecule has 0 fully saturated rings. The van der Waals surface area contributed by atoms with Crippen molar-refractivity contribution in [1.82, 2.24) is 5.32 Å². The highest BCUT2D eigenvalue weighted by atomic mass is 32.1. The van der Waals surface area contributed by atoms with Crippen molar-refractivity contribution in [3.63, 3.8) is 0 Å². The molecule has 0 bridgehead atoms. The number of para-hydroxylation sites is 1. The van der Waals surface area contributed by atoms with Gasteiger partial charge >= 0.3 is 5.97 Å². The van der Waals surface area contributed by atoms with Crippen molar-refractivity contribution in [3.8, 4) is 32.8 Å². The van der Waals surface area contributed by atoms with E-state index in [1.54, 1.807) is 0 Å². The van der Waals surface area contributed by atoms with Crippen molar-refractivity contribution < 1.29 is 24.5 Å². The molecule has 1 atom stereocenters. The van der Waals surface area contributed by atoms with Gasteiger partial charge in [0.2, 0.25) is 0 Å². The minimum Gasteiger partial charge on any atom is -0.499 e. The number of hydrogen-bond acceptors (Lipinski definition) is 6. The number of nitrogens with one attached hydrogen (secondary N) is 1. The first-order valence-corrected chi connectivity index (χ1v) is 12.2. The molecule has 0 saturated carbocycles. The minimum atomic E-state index is -0.892. The number of carboxylic acid groups (broad SMARTS) is 1. The van der Waals surface area contributed by atoms with Crippen LogP contribution in [0.15, 0.2) is 84.9 Å². The van der Waals surface area contributed by atoms with Crippen LogP contribution in [0.1, 0.15) is 24.5 Å². The van der Waals surface area contributed by atoms with Gasteiger partial charge in [0.05, 0.1) is 0 Å². The number of carbonyl (C=O) groups is 1. The standard InChI is InChI=1S/C28H27NO5S/c1-2-25(27(30)31)29-17-21-16-26(35-28(21)32)20-10-8-19(9-11-20)18-33-22-12-14-24(15-13-22)34-23-6-4-3-5-7-23/h3-16,25,29,32H,2,17-18H2,1H3,(H,30,31). The summed E-state index contributed by atoms with van der Waals surface area (Å²) in [6.07, 6.45) is 0.474. The normalized spacial score (nSPS) is 11.7. The van der Waals surface area contributed by atoms with Gasteiger partial charge in [0.15, 0.2) is 5.06 Å². The molecule has 0 aliphatic carbocycles. The molecule has 1 unspecified atom stereocenters. The Bertz CT molecular complexity index is 1240. The molecule has 0 radical (unpaired) electrons. The van der Waals surface area contributed by atoms with E-state index in [0.717, 1.165) is 33.3 Å². The van der Waals surface area contributed by atoms with Gasteiger partial charge in [0.1, 0.15) is 29.9 Å². The first-order valence-electron chi connectivity index (χ1n) is 11.3. The maximum atomic E-state index is 11.2. The Morgan fingerprint density at radius 2 is 1.60 bits per heavy atom. The van der Waals surface area contributed by atoms with E-state index in [1.807, 2.05) is 91.9 Å². The van der Waals surface area contributed by atoms with Crippen LogP contribution in [-0.4, -0.2) is 22.2 Å². The minimum absolute atomic E-state index is 0.194. The van der Waals surface area contributed by atoms with Crippen LogP contribution in [0.4, 0.5) is 0 Å². The summed E-state index contributed by atoms with van der Waals surface area (Å²) >= 11 is 1.28. The summed E-state index contributed by atoms with van der Waals surface area (Å²) in [7, 11) is 0. The number of aromatic hydroxyl groups is 1. The summed E-state index contributed by atoms with van der Waals surface area (Å²) in [5, 5.41) is 22.6. The number of carboxylic acids is 1. The van der Waals surface area contributed by atoms with E-state index < -0.39 is 12.0 Å². The summed E-state index contributed by atoms with van der Waals surface area (Å²) in [5.41, 5.74) is 2.69. The van der Waals surface area contributed by atoms with Crippen LogP contribution in [0.25, 0.3) is 10.4 Å². The maximum Gasteiger partial charge on any atom is 0.320 e. The van der Waals surface area contributed by atoms with Crippen LogP contribution in [0, 0.1) is 0 Å². The molecule has 1 aromatic heterocycles. The van der Waals surface area contributed by atoms with Gasteiger partial charge in [0.25, 0.3) is 0 Å². The van der Waals surface area contributed by atoms with Crippen molar-refractivity contribution in [2.75, 3.05) is 0 Å². The molecule has 1 heterocycles. The highest BCUT2D eigenvalue weighted by Gasteiger charge is 2.16. The second-order valence-electron chi connectivity index (χ2n) is 7.99. The molecule has 7 heteroatoms. The SMILES string of the molecule is CCC(NCc1cc(-c2ccc(COc3ccc(Oc4ccccc4)cc3)cc2)sc1O)C(=O)O. The molecule has 180 valence electrons. The third kappa shape index (κ3) is 6.62. The smallest absolute Gasteiger partial charge is 0.320 e. The predicted molar refractivity (Wildman–Crippen MR) is 137 cm³/mol. The third-order valence-electron chi connectivity index (χ3n) is 5.48. The van der Waals surface area contributed by atoms with Gasteiger partial charge in [-0.3, -0.25) is 4.79 Å². The number of aliphatic carboxylic acids is 1. The van der Waals surface area contributed by atoms with Crippen LogP contribution in [0.3, 0.4) is 0 Å². The van der Waals surface area contributed by atoms with E-state index >= 15 is 0 Å². The number of hydrogen-bond donors (Lipinski definition) is 3. The van der Waals surface area contributed by atoms with E-state index in [9.17, 15) is 15.0 Å². The average molecular weight is 490 g/mol. The van der Waals surface area contributed by atoms with Crippen molar-refractivity contribution >= 4 is 17.3 Å². The van der Waals surface area contributed by atoms with Gasteiger partial charge in [-0.1, -0.05) is 60.7 Å². The number of thiophene rings is 1. The topological polar surface area (TPSA) is 88.0 Å². The molecule has 4 aromatic rings. The zero-order chi connectivity index (χ0) is 24.6. The first-order chi connectivity index (χ1) is 17.0. The molecular formula is C28H27NO5S. The molecule has 0 spiro atoms. The Morgan fingerprint density at radius 1 is 0.943 bits per heavy atom. The van der Waals surface area contributed by atoms with Crippen molar-refractivity contribution in [3.05, 3.63) is 96.1 Å². The molecule has 4 rings (SSSR count). The number of ether oxygens (including phenoxy) is 2. The van der Waals surface area contributed by atoms with Crippen LogP contribution < -0.4 is 14.8 Å². The fraction of sp³-hybridized carbons (Fsp3) is 0.179. The Labute approximate surface area is 208 Å². The number of rotatable bonds is 11. The Balaban J connectivity index is 1.32. The Hall–Kier alpha value is -3.81. The Kier molecular flexibility index (Phi) is 8.03. The van der Waals surface area contributed by atoms with E-state index in [4.69, 9.17) is 9.47 Å². The average Bonchev–Trinajstić information content (AvgIpc) is 3.25. The molecule has 35 heavy (non-hydrogen) atoms. The fourth-order valence-electron chi connectivity index (χ4n) is 3.49. The lowest BCUT2D eigenvalue weighted by Gasteiger charge is -2.11. The lowest BCUT2D eigenvalue weighted by atomic mass is 10.1. The lowest BCUT2D eigenvalue weighted by Crippen LogP contribution is -2.35. The first kappa shape index (κ1) is 24.3. The van der Waals surface area contributed by atoms with E-state index in [2.05, 4.69) is 5.32 Å². The zero-order valence-electron chi connectivity index (χ0n) is 19.3. The van der Waals surface area contributed by atoms with Crippen LogP contribution >= 0.6 is 11.3 Å². The predicted octanol–water partition coefficient (Wildman–Crippen LogP) is 6.44. The molecular weight excluding hydrogens is 462 g/mol. The highest BCUT2D eigenvalue weighted by molar-refractivity contribution is 7.17. The monoisotopic (exact) mass is 489 g/mol. The van der Waals surface area contributed by atoms with Gasteiger partial charge in [-0.15, -0.1) is 0 Å². The van der Waals surface area contributed by atoms with E-state index in [0.29, 0.717) is 25.1 Å². The quantitative estimate of drug-likeness (QED) is 0.225. The molecule has 6 nitrogen and oxygen atoms in total. The molecule has 0 saturated heterocycles. The summed E-state index contributed by atoms with van der Waals surface area (Å²) < 4.78 is 11.7. The molecule has 0 amide bonds. The Morgan fingerprint density at radius 3 is 2.26 bits per heavy atom. The van der Waals surface area contributed by atoms with Crippen molar-refractivity contribution in [2.45, 2.75) is 32.5 Å². The van der Waals surface area contributed by atoms with Gasteiger partial charge in [-0.2, -0.15) is 0 Å². The van der Waals surface area contributed by atoms with Crippen LogP contribution in [0.5, 0.6) is 22.3 Å². The fourth-order valence-corrected chi connectivity index (χ4v) is 4.41. The molecule has 3 aromatic carbocycles. The van der Waals surface area contributed by atoms with Crippen molar-refractivity contribution in [1.29, 1.82) is 0 Å². The largest absolute Gasteiger partial charge is 0.499 e. The third-order valence-corrected chi connectivity index (χ3v) is 6.51. The molecule has 0 aliphatic rings. The highest BCUT2D eigenvalue weighted by Crippen LogP contribution is 2.36. The van der Waals surface area contributed by atoms with Gasteiger partial charge < -0.3 is 25.0 Å². The zero-order valence-corrected chi connectivity index (χ0v) is 20.1. The second-order valence-corrected chi connectivity index (χ2v) is 9.02. The molecule has 3 N–H and O–H groups in total. The van der Waals surface area contributed by atoms with Gasteiger partial charge in [-0.05, 0) is 60.0 Å². The van der Waals surface area contributed by atoms with Crippen LogP contribution in [-0.2, 0) is 17.9 Å². The molecule has 0 aliphatic heterocycles. The summed E-state index contributed by atoms with van der Waals surface area (Å²) in [5.74, 6) is 1.39. The summed E-state index contributed by atoms with van der Waals surface area (Å²) in [6, 6.07) is 26.4.